The largest absolute Gasteiger partial charge is 0.394 e. The van der Waals surface area contributed by atoms with Crippen molar-refractivity contribution in [3.8, 4) is 0 Å². The van der Waals surface area contributed by atoms with Gasteiger partial charge in [-0.05, 0) is 25.3 Å². The van der Waals surface area contributed by atoms with E-state index in [0.717, 1.165) is 31.5 Å². The zero-order valence-corrected chi connectivity index (χ0v) is 10.4. The van der Waals surface area contributed by atoms with Crippen molar-refractivity contribution in [2.24, 2.45) is 7.05 Å². The Bertz CT molecular complexity index is 414. The first-order chi connectivity index (χ1) is 8.17. The summed E-state index contributed by atoms with van der Waals surface area (Å²) >= 11 is 0. The standard InChI is InChI=1S/C12H19N3O2/c1-3-9-7-11(14(2)13-9)12(17)15-6-4-5-10(15)8-16/h7,10,16H,3-6,8H2,1-2H3/t10-/m0/s1. The monoisotopic (exact) mass is 237 g/mol. The third-order valence-corrected chi connectivity index (χ3v) is 3.36. The molecule has 1 atom stereocenters. The molecule has 2 rings (SSSR count). The minimum absolute atomic E-state index is 0.0174. The van der Waals surface area contributed by atoms with E-state index in [0.29, 0.717) is 5.69 Å². The lowest BCUT2D eigenvalue weighted by Crippen LogP contribution is -2.38. The van der Waals surface area contributed by atoms with E-state index in [2.05, 4.69) is 5.10 Å². The Balaban J connectivity index is 2.21. The Morgan fingerprint density at radius 2 is 2.41 bits per heavy atom. The second-order valence-corrected chi connectivity index (χ2v) is 4.48. The van der Waals surface area contributed by atoms with Crippen molar-refractivity contribution in [2.75, 3.05) is 13.2 Å². The van der Waals surface area contributed by atoms with Crippen LogP contribution < -0.4 is 0 Å². The summed E-state index contributed by atoms with van der Waals surface area (Å²) in [6.45, 7) is 2.80. The van der Waals surface area contributed by atoms with Gasteiger partial charge < -0.3 is 10.0 Å². The average Bonchev–Trinajstić information content (AvgIpc) is 2.93. The van der Waals surface area contributed by atoms with Crippen LogP contribution in [0.3, 0.4) is 0 Å². The molecule has 0 unspecified atom stereocenters. The Hall–Kier alpha value is -1.36. The number of aromatic nitrogens is 2. The number of carbonyl (C=O) groups excluding carboxylic acids is 1. The molecular weight excluding hydrogens is 218 g/mol. The fourth-order valence-corrected chi connectivity index (χ4v) is 2.34. The molecule has 0 aromatic carbocycles. The highest BCUT2D eigenvalue weighted by molar-refractivity contribution is 5.93. The number of aliphatic hydroxyl groups is 1. The maximum atomic E-state index is 12.3. The number of likely N-dealkylation sites (tertiary alicyclic amines) is 1. The van der Waals surface area contributed by atoms with Crippen LogP contribution in [-0.4, -0.2) is 44.9 Å². The smallest absolute Gasteiger partial charge is 0.272 e. The van der Waals surface area contributed by atoms with Crippen molar-refractivity contribution in [3.05, 3.63) is 17.5 Å². The quantitative estimate of drug-likeness (QED) is 0.836. The van der Waals surface area contributed by atoms with Crippen LogP contribution >= 0.6 is 0 Å². The molecule has 0 aliphatic carbocycles. The molecule has 1 amide bonds. The molecule has 2 heterocycles. The third-order valence-electron chi connectivity index (χ3n) is 3.36. The summed E-state index contributed by atoms with van der Waals surface area (Å²) < 4.78 is 1.63. The molecule has 5 nitrogen and oxygen atoms in total. The third kappa shape index (κ3) is 2.20. The zero-order chi connectivity index (χ0) is 12.4. The second-order valence-electron chi connectivity index (χ2n) is 4.48. The number of carbonyl (C=O) groups is 1. The highest BCUT2D eigenvalue weighted by Gasteiger charge is 2.30. The number of nitrogens with zero attached hydrogens (tertiary/aromatic N) is 3. The fourth-order valence-electron chi connectivity index (χ4n) is 2.34. The molecule has 0 saturated carbocycles. The first-order valence-electron chi connectivity index (χ1n) is 6.12. The molecular formula is C12H19N3O2. The Kier molecular flexibility index (Phi) is 3.47. The van der Waals surface area contributed by atoms with E-state index >= 15 is 0 Å². The van der Waals surface area contributed by atoms with E-state index in [1.54, 1.807) is 16.6 Å². The minimum atomic E-state index is -0.0255. The van der Waals surface area contributed by atoms with Crippen molar-refractivity contribution < 1.29 is 9.90 Å². The van der Waals surface area contributed by atoms with E-state index in [4.69, 9.17) is 0 Å². The highest BCUT2D eigenvalue weighted by atomic mass is 16.3. The lowest BCUT2D eigenvalue weighted by atomic mass is 10.2. The predicted molar refractivity (Wildman–Crippen MR) is 63.7 cm³/mol. The molecule has 94 valence electrons. The Morgan fingerprint density at radius 1 is 1.65 bits per heavy atom. The number of rotatable bonds is 3. The highest BCUT2D eigenvalue weighted by Crippen LogP contribution is 2.19. The van der Waals surface area contributed by atoms with Gasteiger partial charge in [-0.1, -0.05) is 6.92 Å². The molecule has 1 saturated heterocycles. The number of amides is 1. The van der Waals surface area contributed by atoms with Gasteiger partial charge in [-0.3, -0.25) is 9.48 Å². The molecule has 1 fully saturated rings. The molecule has 5 heteroatoms. The zero-order valence-electron chi connectivity index (χ0n) is 10.4. The number of aliphatic hydroxyl groups excluding tert-OH is 1. The van der Waals surface area contributed by atoms with E-state index in [1.165, 1.54) is 0 Å². The normalized spacial score (nSPS) is 19.9. The van der Waals surface area contributed by atoms with E-state index in [1.807, 2.05) is 13.0 Å². The lowest BCUT2D eigenvalue weighted by Gasteiger charge is -2.22. The molecule has 1 N–H and O–H groups in total. The molecule has 1 aromatic heterocycles. The maximum Gasteiger partial charge on any atom is 0.272 e. The van der Waals surface area contributed by atoms with Crippen LogP contribution in [0.25, 0.3) is 0 Å². The van der Waals surface area contributed by atoms with Crippen LogP contribution in [-0.2, 0) is 13.5 Å². The number of aryl methyl sites for hydroxylation is 2. The van der Waals surface area contributed by atoms with Gasteiger partial charge in [0.1, 0.15) is 5.69 Å². The van der Waals surface area contributed by atoms with E-state index < -0.39 is 0 Å². The molecule has 0 radical (unpaired) electrons. The lowest BCUT2D eigenvalue weighted by molar-refractivity contribution is 0.0666. The van der Waals surface area contributed by atoms with Gasteiger partial charge in [0.05, 0.1) is 18.3 Å². The summed E-state index contributed by atoms with van der Waals surface area (Å²) in [4.78, 5) is 14.1. The SMILES string of the molecule is CCc1cc(C(=O)N2CCC[C@H]2CO)n(C)n1. The summed E-state index contributed by atoms with van der Waals surface area (Å²) in [5.74, 6) is -0.0174. The topological polar surface area (TPSA) is 58.4 Å². The van der Waals surface area contributed by atoms with Gasteiger partial charge in [0.2, 0.25) is 0 Å². The van der Waals surface area contributed by atoms with Crippen LogP contribution in [0.5, 0.6) is 0 Å². The van der Waals surface area contributed by atoms with E-state index in [9.17, 15) is 9.90 Å². The maximum absolute atomic E-state index is 12.3. The molecule has 1 aliphatic rings. The van der Waals surface area contributed by atoms with Crippen LogP contribution in [0, 0.1) is 0 Å². The van der Waals surface area contributed by atoms with Crippen LogP contribution in [0.2, 0.25) is 0 Å². The van der Waals surface area contributed by atoms with Crippen LogP contribution in [0.15, 0.2) is 6.07 Å². The second kappa shape index (κ2) is 4.87. The number of hydrogen-bond donors (Lipinski definition) is 1. The molecule has 1 aliphatic heterocycles. The summed E-state index contributed by atoms with van der Waals surface area (Å²) in [5.41, 5.74) is 1.54. The van der Waals surface area contributed by atoms with Crippen molar-refractivity contribution in [3.63, 3.8) is 0 Å². The van der Waals surface area contributed by atoms with Crippen LogP contribution in [0.4, 0.5) is 0 Å². The molecule has 0 spiro atoms. The average molecular weight is 237 g/mol. The van der Waals surface area contributed by atoms with Crippen LogP contribution in [0.1, 0.15) is 35.9 Å². The summed E-state index contributed by atoms with van der Waals surface area (Å²) in [5, 5.41) is 13.5. The number of hydrogen-bond acceptors (Lipinski definition) is 3. The van der Waals surface area contributed by atoms with Crippen molar-refractivity contribution >= 4 is 5.91 Å². The van der Waals surface area contributed by atoms with Gasteiger partial charge >= 0.3 is 0 Å². The van der Waals surface area contributed by atoms with E-state index in [-0.39, 0.29) is 18.6 Å². The van der Waals surface area contributed by atoms with Gasteiger partial charge in [0, 0.05) is 13.6 Å². The Morgan fingerprint density at radius 3 is 3.00 bits per heavy atom. The molecule has 17 heavy (non-hydrogen) atoms. The van der Waals surface area contributed by atoms with Gasteiger partial charge in [0.15, 0.2) is 0 Å². The first-order valence-corrected chi connectivity index (χ1v) is 6.12. The van der Waals surface area contributed by atoms with Gasteiger partial charge in [0.25, 0.3) is 5.91 Å². The molecule has 0 bridgehead atoms. The first kappa shape index (κ1) is 12.1. The summed E-state index contributed by atoms with van der Waals surface area (Å²) in [6.07, 6.45) is 2.68. The van der Waals surface area contributed by atoms with Gasteiger partial charge in [-0.2, -0.15) is 5.10 Å². The van der Waals surface area contributed by atoms with Crippen molar-refractivity contribution in [1.29, 1.82) is 0 Å². The summed E-state index contributed by atoms with van der Waals surface area (Å²) in [7, 11) is 1.79. The Labute approximate surface area is 101 Å². The van der Waals surface area contributed by atoms with Crippen molar-refractivity contribution in [2.45, 2.75) is 32.2 Å². The van der Waals surface area contributed by atoms with Gasteiger partial charge in [-0.15, -0.1) is 0 Å². The van der Waals surface area contributed by atoms with Gasteiger partial charge in [-0.25, -0.2) is 0 Å². The minimum Gasteiger partial charge on any atom is -0.394 e. The van der Waals surface area contributed by atoms with Crippen molar-refractivity contribution in [1.82, 2.24) is 14.7 Å². The molecule has 1 aromatic rings. The fraction of sp³-hybridized carbons (Fsp3) is 0.667. The predicted octanol–water partition coefficient (Wildman–Crippen LogP) is 0.579. The summed E-state index contributed by atoms with van der Waals surface area (Å²) in [6, 6.07) is 1.82.